The number of nitrogens with zero attached hydrogens (tertiary/aromatic N) is 1. The predicted octanol–water partition coefficient (Wildman–Crippen LogP) is 1.64. The Hall–Kier alpha value is -1.52. The second-order valence-electron chi connectivity index (χ2n) is 3.81. The predicted molar refractivity (Wildman–Crippen MR) is 58.1 cm³/mol. The van der Waals surface area contributed by atoms with Crippen molar-refractivity contribution < 1.29 is 19.4 Å². The van der Waals surface area contributed by atoms with Gasteiger partial charge in [0.1, 0.15) is 6.61 Å². The minimum atomic E-state index is -0.881. The van der Waals surface area contributed by atoms with Crippen LogP contribution in [0, 0.1) is 0 Å². The number of ether oxygens (including phenoxy) is 1. The molecule has 0 saturated carbocycles. The number of rotatable bonds is 4. The monoisotopic (exact) mass is 227 g/mol. The average molecular weight is 227 g/mol. The molecule has 1 unspecified atom stereocenters. The maximum atomic E-state index is 11.6. The van der Waals surface area contributed by atoms with Crippen LogP contribution in [-0.2, 0) is 9.53 Å². The van der Waals surface area contributed by atoms with Crippen LogP contribution in [0.4, 0.5) is 4.79 Å². The number of carboxylic acids is 1. The molecule has 1 aliphatic rings. The number of likely N-dealkylation sites (tertiary alicyclic amines) is 1. The molecule has 1 amide bonds. The number of piperidine rings is 1. The third-order valence-electron chi connectivity index (χ3n) is 2.60. The first kappa shape index (κ1) is 12.5. The highest BCUT2D eigenvalue weighted by Gasteiger charge is 2.29. The van der Waals surface area contributed by atoms with Gasteiger partial charge in [0.05, 0.1) is 6.42 Å². The van der Waals surface area contributed by atoms with E-state index in [1.165, 1.54) is 11.0 Å². The van der Waals surface area contributed by atoms with Crippen LogP contribution in [0.3, 0.4) is 0 Å². The summed E-state index contributed by atoms with van der Waals surface area (Å²) in [6, 6.07) is -0.233. The molecule has 1 N–H and O–H groups in total. The lowest BCUT2D eigenvalue weighted by Gasteiger charge is -2.33. The number of carbonyl (C=O) groups is 2. The van der Waals surface area contributed by atoms with E-state index >= 15 is 0 Å². The van der Waals surface area contributed by atoms with Crippen LogP contribution in [0.1, 0.15) is 25.7 Å². The van der Waals surface area contributed by atoms with Crippen molar-refractivity contribution >= 4 is 12.1 Å². The van der Waals surface area contributed by atoms with Crippen LogP contribution < -0.4 is 0 Å². The Balaban J connectivity index is 2.54. The normalized spacial score (nSPS) is 20.2. The molecule has 1 aliphatic heterocycles. The van der Waals surface area contributed by atoms with Crippen molar-refractivity contribution in [2.45, 2.75) is 31.7 Å². The summed E-state index contributed by atoms with van der Waals surface area (Å²) in [5, 5.41) is 8.75. The van der Waals surface area contributed by atoms with Crippen LogP contribution in [0.25, 0.3) is 0 Å². The van der Waals surface area contributed by atoms with E-state index in [1.54, 1.807) is 0 Å². The molecule has 0 aromatic rings. The van der Waals surface area contributed by atoms with Crippen LogP contribution in [0.5, 0.6) is 0 Å². The third-order valence-corrected chi connectivity index (χ3v) is 2.60. The van der Waals surface area contributed by atoms with Crippen LogP contribution >= 0.6 is 0 Å². The van der Waals surface area contributed by atoms with E-state index in [-0.39, 0.29) is 19.1 Å². The Morgan fingerprint density at radius 3 is 2.88 bits per heavy atom. The lowest BCUT2D eigenvalue weighted by Crippen LogP contribution is -2.45. The minimum absolute atomic E-state index is 0.0107. The molecule has 16 heavy (non-hydrogen) atoms. The molecule has 1 saturated heterocycles. The molecule has 5 heteroatoms. The fourth-order valence-corrected chi connectivity index (χ4v) is 1.87. The lowest BCUT2D eigenvalue weighted by atomic mass is 10.00. The van der Waals surface area contributed by atoms with Gasteiger partial charge >= 0.3 is 12.1 Å². The van der Waals surface area contributed by atoms with Gasteiger partial charge in [-0.25, -0.2) is 4.79 Å². The molecular weight excluding hydrogens is 210 g/mol. The highest BCUT2D eigenvalue weighted by atomic mass is 16.6. The summed E-state index contributed by atoms with van der Waals surface area (Å²) in [5.74, 6) is -0.881. The molecule has 1 atom stereocenters. The van der Waals surface area contributed by atoms with Gasteiger partial charge in [-0.3, -0.25) is 4.79 Å². The number of aliphatic carboxylic acids is 1. The van der Waals surface area contributed by atoms with Gasteiger partial charge in [-0.2, -0.15) is 0 Å². The fourth-order valence-electron chi connectivity index (χ4n) is 1.87. The Morgan fingerprint density at radius 1 is 1.50 bits per heavy atom. The third kappa shape index (κ3) is 3.56. The molecule has 0 aromatic carbocycles. The van der Waals surface area contributed by atoms with Gasteiger partial charge < -0.3 is 14.7 Å². The minimum Gasteiger partial charge on any atom is -0.481 e. The molecule has 0 aliphatic carbocycles. The standard InChI is InChI=1S/C11H17NO4/c1-2-7-16-11(15)12-6-4-3-5-9(12)8-10(13)14/h2,9H,1,3-8H2,(H,13,14). The highest BCUT2D eigenvalue weighted by molar-refractivity contribution is 5.71. The summed E-state index contributed by atoms with van der Waals surface area (Å²) in [4.78, 5) is 23.8. The Morgan fingerprint density at radius 2 is 2.25 bits per heavy atom. The summed E-state index contributed by atoms with van der Waals surface area (Å²) < 4.78 is 4.92. The number of carboxylic acid groups (broad SMARTS) is 1. The second kappa shape index (κ2) is 6.15. The van der Waals surface area contributed by atoms with Crippen molar-refractivity contribution in [3.05, 3.63) is 12.7 Å². The van der Waals surface area contributed by atoms with Crippen molar-refractivity contribution in [3.63, 3.8) is 0 Å². The van der Waals surface area contributed by atoms with E-state index in [1.807, 2.05) is 0 Å². The molecular formula is C11H17NO4. The first-order valence-corrected chi connectivity index (χ1v) is 5.41. The van der Waals surface area contributed by atoms with Crippen molar-refractivity contribution in [1.82, 2.24) is 4.90 Å². The van der Waals surface area contributed by atoms with Crippen LogP contribution in [-0.4, -0.2) is 41.3 Å². The summed E-state index contributed by atoms with van der Waals surface area (Å²) in [5.41, 5.74) is 0. The molecule has 0 aromatic heterocycles. The average Bonchev–Trinajstić information content (AvgIpc) is 2.26. The number of amides is 1. The topological polar surface area (TPSA) is 66.8 Å². The molecule has 1 heterocycles. The van der Waals surface area contributed by atoms with Crippen molar-refractivity contribution in [2.75, 3.05) is 13.2 Å². The van der Waals surface area contributed by atoms with E-state index in [0.29, 0.717) is 6.54 Å². The number of carbonyl (C=O) groups excluding carboxylic acids is 1. The summed E-state index contributed by atoms with van der Waals surface area (Å²) in [6.07, 6.45) is 3.64. The van der Waals surface area contributed by atoms with E-state index in [9.17, 15) is 9.59 Å². The van der Waals surface area contributed by atoms with Gasteiger partial charge in [0.15, 0.2) is 0 Å². The van der Waals surface area contributed by atoms with E-state index in [4.69, 9.17) is 9.84 Å². The fraction of sp³-hybridized carbons (Fsp3) is 0.636. The van der Waals surface area contributed by atoms with Gasteiger partial charge in [-0.15, -0.1) is 0 Å². The Bertz CT molecular complexity index is 277. The van der Waals surface area contributed by atoms with Gasteiger partial charge in [0.25, 0.3) is 0 Å². The Labute approximate surface area is 94.7 Å². The van der Waals surface area contributed by atoms with Crippen LogP contribution in [0.15, 0.2) is 12.7 Å². The van der Waals surface area contributed by atoms with Crippen molar-refractivity contribution in [1.29, 1.82) is 0 Å². The van der Waals surface area contributed by atoms with Crippen molar-refractivity contribution in [3.8, 4) is 0 Å². The SMILES string of the molecule is C=CCOC(=O)N1CCCCC1CC(=O)O. The molecule has 1 fully saturated rings. The quantitative estimate of drug-likeness (QED) is 0.741. The zero-order valence-electron chi connectivity index (χ0n) is 9.22. The molecule has 5 nitrogen and oxygen atoms in total. The first-order valence-electron chi connectivity index (χ1n) is 5.41. The second-order valence-corrected chi connectivity index (χ2v) is 3.81. The largest absolute Gasteiger partial charge is 0.481 e. The first-order chi connectivity index (χ1) is 7.65. The molecule has 0 bridgehead atoms. The maximum Gasteiger partial charge on any atom is 0.410 e. The summed E-state index contributed by atoms with van der Waals surface area (Å²) in [6.45, 7) is 4.19. The lowest BCUT2D eigenvalue weighted by molar-refractivity contribution is -0.138. The Kier molecular flexibility index (Phi) is 4.82. The number of hydrogen-bond acceptors (Lipinski definition) is 3. The summed E-state index contributed by atoms with van der Waals surface area (Å²) in [7, 11) is 0. The molecule has 1 rings (SSSR count). The zero-order chi connectivity index (χ0) is 12.0. The van der Waals surface area contributed by atoms with E-state index < -0.39 is 12.1 Å². The smallest absolute Gasteiger partial charge is 0.410 e. The van der Waals surface area contributed by atoms with Gasteiger partial charge in [-0.1, -0.05) is 12.7 Å². The number of hydrogen-bond donors (Lipinski definition) is 1. The highest BCUT2D eigenvalue weighted by Crippen LogP contribution is 2.20. The molecule has 0 spiro atoms. The molecule has 90 valence electrons. The summed E-state index contributed by atoms with van der Waals surface area (Å²) >= 11 is 0. The maximum absolute atomic E-state index is 11.6. The van der Waals surface area contributed by atoms with E-state index in [2.05, 4.69) is 6.58 Å². The zero-order valence-corrected chi connectivity index (χ0v) is 9.22. The van der Waals surface area contributed by atoms with Gasteiger partial charge in [0, 0.05) is 12.6 Å². The van der Waals surface area contributed by atoms with Gasteiger partial charge in [0.2, 0.25) is 0 Å². The van der Waals surface area contributed by atoms with Crippen molar-refractivity contribution in [2.24, 2.45) is 0 Å². The molecule has 0 radical (unpaired) electrons. The van der Waals surface area contributed by atoms with Crippen LogP contribution in [0.2, 0.25) is 0 Å². The van der Waals surface area contributed by atoms with E-state index in [0.717, 1.165) is 19.3 Å². The van der Waals surface area contributed by atoms with Gasteiger partial charge in [-0.05, 0) is 19.3 Å².